The Hall–Kier alpha value is -1.01. The average Bonchev–Trinajstić information content (AvgIpc) is 1.65. The quantitative estimate of drug-likeness (QED) is 0.376. The molecule has 2 N–H and O–H groups in total. The van der Waals surface area contributed by atoms with Crippen molar-refractivity contribution in [3.63, 3.8) is 0 Å². The smallest absolute Gasteiger partial charge is 0.150 e. The molecular weight excluding hydrogens is 90.1 g/mol. The summed E-state index contributed by atoms with van der Waals surface area (Å²) in [6, 6.07) is 0. The third-order valence-electron chi connectivity index (χ3n) is 0.570. The van der Waals surface area contributed by atoms with Crippen LogP contribution in [0.3, 0.4) is 0 Å². The van der Waals surface area contributed by atoms with Gasteiger partial charge in [0.1, 0.15) is 11.6 Å². The predicted molar refractivity (Wildman–Crippen MR) is 28.2 cm³/mol. The number of nitrogens with two attached hydrogens (primary N) is 1. The van der Waals surface area contributed by atoms with Crippen molar-refractivity contribution in [2.24, 2.45) is 5.73 Å². The first-order valence-electron chi connectivity index (χ1n) is 1.85. The van der Waals surface area contributed by atoms with Gasteiger partial charge in [-0.3, -0.25) is 0 Å². The minimum absolute atomic E-state index is 0.0972. The van der Waals surface area contributed by atoms with Crippen LogP contribution >= 0.6 is 0 Å². The molecule has 0 unspecified atom stereocenters. The number of hydrogen-bond acceptors (Lipinski definition) is 2. The van der Waals surface area contributed by atoms with Crippen molar-refractivity contribution < 1.29 is 4.79 Å². The highest BCUT2D eigenvalue weighted by Crippen LogP contribution is 1.90. The highest BCUT2D eigenvalue weighted by molar-refractivity contribution is 5.57. The zero-order chi connectivity index (χ0) is 5.86. The molecule has 0 saturated heterocycles. The summed E-state index contributed by atoms with van der Waals surface area (Å²) >= 11 is 0. The summed E-state index contributed by atoms with van der Waals surface area (Å²) in [5.74, 6) is 1.51. The molecule has 0 amide bonds. The maximum absolute atomic E-state index is 9.60. The van der Waals surface area contributed by atoms with Crippen LogP contribution in [-0.4, -0.2) is 5.94 Å². The fourth-order valence-corrected chi connectivity index (χ4v) is 0.0871. The van der Waals surface area contributed by atoms with E-state index in [1.54, 1.807) is 6.92 Å². The molecule has 0 aromatic carbocycles. The topological polar surface area (TPSA) is 43.1 Å². The average molecular weight is 97.1 g/mol. The second-order valence-corrected chi connectivity index (χ2v) is 1.30. The zero-order valence-corrected chi connectivity index (χ0v) is 4.19. The molecular formula is C5H7NO. The molecule has 0 atom stereocenters. The number of carbonyl (C=O) groups excluding carboxylic acids is 1. The monoisotopic (exact) mass is 97.1 g/mol. The molecule has 0 aliphatic rings. The van der Waals surface area contributed by atoms with E-state index in [1.165, 1.54) is 5.94 Å². The summed E-state index contributed by atoms with van der Waals surface area (Å²) < 4.78 is 0. The van der Waals surface area contributed by atoms with Gasteiger partial charge in [-0.15, -0.1) is 0 Å². The lowest BCUT2D eigenvalue weighted by molar-refractivity contribution is 0.567. The maximum Gasteiger partial charge on any atom is 0.150 e. The van der Waals surface area contributed by atoms with Crippen LogP contribution in [0.25, 0.3) is 0 Å². The van der Waals surface area contributed by atoms with Crippen LogP contribution in [0.5, 0.6) is 0 Å². The van der Waals surface area contributed by atoms with Crippen molar-refractivity contribution in [1.82, 2.24) is 0 Å². The zero-order valence-electron chi connectivity index (χ0n) is 4.19. The van der Waals surface area contributed by atoms with Crippen LogP contribution in [0.15, 0.2) is 17.8 Å². The summed E-state index contributed by atoms with van der Waals surface area (Å²) in [5.41, 5.74) is 5.67. The molecule has 0 fully saturated rings. The Bertz CT molecular complexity index is 131. The molecule has 0 aromatic rings. The highest BCUT2D eigenvalue weighted by Gasteiger charge is 1.84. The van der Waals surface area contributed by atoms with Gasteiger partial charge < -0.3 is 5.73 Å². The van der Waals surface area contributed by atoms with Crippen LogP contribution in [0.2, 0.25) is 0 Å². The van der Waals surface area contributed by atoms with Crippen molar-refractivity contribution in [3.05, 3.63) is 17.8 Å². The molecule has 0 bridgehead atoms. The van der Waals surface area contributed by atoms with Crippen LogP contribution in [-0.2, 0) is 4.79 Å². The van der Waals surface area contributed by atoms with E-state index in [9.17, 15) is 4.79 Å². The van der Waals surface area contributed by atoms with Crippen LogP contribution in [0.4, 0.5) is 0 Å². The van der Waals surface area contributed by atoms with Gasteiger partial charge in [0, 0.05) is 0 Å². The molecule has 2 heteroatoms. The molecule has 0 aliphatic heterocycles. The second kappa shape index (κ2) is 2.21. The van der Waals surface area contributed by atoms with Crippen LogP contribution in [0.1, 0.15) is 6.92 Å². The van der Waals surface area contributed by atoms with Crippen LogP contribution < -0.4 is 5.73 Å². The molecule has 0 rings (SSSR count). The van der Waals surface area contributed by atoms with Crippen LogP contribution in [0, 0.1) is 0 Å². The molecule has 7 heavy (non-hydrogen) atoms. The fourth-order valence-electron chi connectivity index (χ4n) is 0.0871. The summed E-state index contributed by atoms with van der Waals surface area (Å²) in [7, 11) is 0. The molecule has 0 saturated carbocycles. The molecule has 38 valence electrons. The van der Waals surface area contributed by atoms with E-state index in [-0.39, 0.29) is 5.70 Å². The summed E-state index contributed by atoms with van der Waals surface area (Å²) in [6.07, 6.45) is 0. The van der Waals surface area contributed by atoms with Gasteiger partial charge in [-0.1, -0.05) is 6.58 Å². The van der Waals surface area contributed by atoms with Gasteiger partial charge in [0.15, 0.2) is 0 Å². The fraction of sp³-hybridized carbons (Fsp3) is 0.200. The molecule has 0 radical (unpaired) electrons. The van der Waals surface area contributed by atoms with E-state index >= 15 is 0 Å². The molecule has 0 heterocycles. The van der Waals surface area contributed by atoms with Gasteiger partial charge in [0.2, 0.25) is 0 Å². The van der Waals surface area contributed by atoms with Crippen molar-refractivity contribution in [1.29, 1.82) is 0 Å². The van der Waals surface area contributed by atoms with Crippen molar-refractivity contribution >= 4 is 5.94 Å². The first kappa shape index (κ1) is 5.99. The first-order valence-corrected chi connectivity index (χ1v) is 1.85. The Labute approximate surface area is 42.3 Å². The van der Waals surface area contributed by atoms with E-state index in [2.05, 4.69) is 6.58 Å². The lowest BCUT2D eigenvalue weighted by Gasteiger charge is -1.86. The highest BCUT2D eigenvalue weighted by atomic mass is 16.1. The number of allylic oxidation sites excluding steroid dienone is 1. The van der Waals surface area contributed by atoms with Crippen molar-refractivity contribution in [2.45, 2.75) is 6.92 Å². The molecule has 0 aromatic heterocycles. The molecule has 2 nitrogen and oxygen atoms in total. The summed E-state index contributed by atoms with van der Waals surface area (Å²) in [5, 5.41) is 0. The second-order valence-electron chi connectivity index (χ2n) is 1.30. The van der Waals surface area contributed by atoms with E-state index in [0.29, 0.717) is 5.57 Å². The Morgan fingerprint density at radius 2 is 2.29 bits per heavy atom. The van der Waals surface area contributed by atoms with E-state index < -0.39 is 0 Å². The van der Waals surface area contributed by atoms with Gasteiger partial charge in [0.05, 0.1) is 0 Å². The van der Waals surface area contributed by atoms with E-state index in [4.69, 9.17) is 5.73 Å². The van der Waals surface area contributed by atoms with Crippen molar-refractivity contribution in [2.75, 3.05) is 0 Å². The Kier molecular flexibility index (Phi) is 1.89. The predicted octanol–water partition coefficient (Wildman–Crippen LogP) is 0.237. The van der Waals surface area contributed by atoms with Gasteiger partial charge in [-0.25, -0.2) is 4.79 Å². The Balaban J connectivity index is 4.10. The molecule has 0 aliphatic carbocycles. The minimum atomic E-state index is 0.0972. The first-order chi connectivity index (χ1) is 3.18. The largest absolute Gasteiger partial charge is 0.390 e. The van der Waals surface area contributed by atoms with Gasteiger partial charge >= 0.3 is 0 Å². The maximum atomic E-state index is 9.60. The summed E-state index contributed by atoms with van der Waals surface area (Å²) in [4.78, 5) is 9.60. The van der Waals surface area contributed by atoms with Gasteiger partial charge in [-0.05, 0) is 12.5 Å². The lowest BCUT2D eigenvalue weighted by atomic mass is 10.3. The SMILES string of the molecule is C=C(C)C(N)=C=O. The van der Waals surface area contributed by atoms with Gasteiger partial charge in [0.25, 0.3) is 0 Å². The number of rotatable bonds is 1. The standard InChI is InChI=1S/C5H7NO/c1-4(2)5(6)3-7/h1,6H2,2H3. The lowest BCUT2D eigenvalue weighted by Crippen LogP contribution is -1.96. The van der Waals surface area contributed by atoms with Crippen molar-refractivity contribution in [3.8, 4) is 0 Å². The summed E-state index contributed by atoms with van der Waals surface area (Å²) in [6.45, 7) is 5.05. The minimum Gasteiger partial charge on any atom is -0.390 e. The third-order valence-corrected chi connectivity index (χ3v) is 0.570. The van der Waals surface area contributed by atoms with E-state index in [1.807, 2.05) is 0 Å². The Morgan fingerprint density at radius 3 is 2.29 bits per heavy atom. The van der Waals surface area contributed by atoms with Gasteiger partial charge in [-0.2, -0.15) is 0 Å². The molecule has 0 spiro atoms. The third kappa shape index (κ3) is 1.79. The number of hydrogen-bond donors (Lipinski definition) is 1. The normalized spacial score (nSPS) is 7.00. The Morgan fingerprint density at radius 1 is 1.86 bits per heavy atom. The van der Waals surface area contributed by atoms with E-state index in [0.717, 1.165) is 0 Å².